The predicted octanol–water partition coefficient (Wildman–Crippen LogP) is 2.38. The highest BCUT2D eigenvalue weighted by atomic mass is 16.4. The minimum atomic E-state index is -0.820. The van der Waals surface area contributed by atoms with E-state index < -0.39 is 11.9 Å². The molecule has 0 heterocycles. The second-order valence-corrected chi connectivity index (χ2v) is 5.59. The van der Waals surface area contributed by atoms with Crippen molar-refractivity contribution < 1.29 is 14.7 Å². The molecule has 4 nitrogen and oxygen atoms in total. The van der Waals surface area contributed by atoms with Crippen LogP contribution in [0.3, 0.4) is 0 Å². The van der Waals surface area contributed by atoms with Crippen molar-refractivity contribution in [2.45, 2.75) is 46.0 Å². The van der Waals surface area contributed by atoms with Crippen LogP contribution in [0.5, 0.6) is 0 Å². The molecule has 0 aromatic heterocycles. The lowest BCUT2D eigenvalue weighted by atomic mass is 9.95. The maximum absolute atomic E-state index is 12.3. The first-order valence-corrected chi connectivity index (χ1v) is 6.95. The summed E-state index contributed by atoms with van der Waals surface area (Å²) in [4.78, 5) is 25.2. The van der Waals surface area contributed by atoms with Crippen molar-refractivity contribution in [3.63, 3.8) is 0 Å². The van der Waals surface area contributed by atoms with Crippen LogP contribution in [0.1, 0.15) is 46.0 Å². The molecule has 1 aliphatic rings. The zero-order valence-corrected chi connectivity index (χ0v) is 11.7. The minimum absolute atomic E-state index is 0.0165. The molecule has 0 radical (unpaired) electrons. The Bertz CT molecular complexity index is 303. The molecule has 18 heavy (non-hydrogen) atoms. The van der Waals surface area contributed by atoms with Crippen LogP contribution in [0.15, 0.2) is 0 Å². The van der Waals surface area contributed by atoms with Gasteiger partial charge < -0.3 is 10.0 Å². The Morgan fingerprint density at radius 1 is 1.22 bits per heavy atom. The molecule has 0 saturated heterocycles. The Balaban J connectivity index is 2.56. The van der Waals surface area contributed by atoms with E-state index in [1.54, 1.807) is 11.9 Å². The number of aliphatic carboxylic acids is 1. The smallest absolute Gasteiger partial charge is 0.307 e. The number of carbonyl (C=O) groups excluding carboxylic acids is 1. The zero-order chi connectivity index (χ0) is 13.7. The highest BCUT2D eigenvalue weighted by molar-refractivity contribution is 5.85. The number of carbonyl (C=O) groups is 2. The topological polar surface area (TPSA) is 57.6 Å². The molecule has 0 aliphatic heterocycles. The van der Waals surface area contributed by atoms with Gasteiger partial charge in [-0.15, -0.1) is 0 Å². The van der Waals surface area contributed by atoms with E-state index in [0.29, 0.717) is 18.8 Å². The molecular weight excluding hydrogens is 230 g/mol. The summed E-state index contributed by atoms with van der Waals surface area (Å²) in [7, 11) is 1.79. The van der Waals surface area contributed by atoms with E-state index in [1.165, 1.54) is 0 Å². The monoisotopic (exact) mass is 255 g/mol. The fraction of sp³-hybridized carbons (Fsp3) is 0.857. The van der Waals surface area contributed by atoms with Gasteiger partial charge >= 0.3 is 5.97 Å². The summed E-state index contributed by atoms with van der Waals surface area (Å²) in [6.07, 6.45) is 4.59. The summed E-state index contributed by atoms with van der Waals surface area (Å²) in [5, 5.41) is 9.18. The van der Waals surface area contributed by atoms with E-state index in [9.17, 15) is 14.7 Å². The number of hydrogen-bond acceptors (Lipinski definition) is 2. The molecule has 1 N–H and O–H groups in total. The van der Waals surface area contributed by atoms with Crippen molar-refractivity contribution in [3.8, 4) is 0 Å². The summed E-state index contributed by atoms with van der Waals surface area (Å²) in [6, 6.07) is 0. The summed E-state index contributed by atoms with van der Waals surface area (Å²) >= 11 is 0. The van der Waals surface area contributed by atoms with Crippen molar-refractivity contribution in [1.29, 1.82) is 0 Å². The molecule has 1 amide bonds. The Morgan fingerprint density at radius 3 is 2.39 bits per heavy atom. The molecule has 1 fully saturated rings. The fourth-order valence-corrected chi connectivity index (χ4v) is 2.83. The quantitative estimate of drug-likeness (QED) is 0.741. The molecule has 0 spiro atoms. The number of hydrogen-bond donors (Lipinski definition) is 1. The molecule has 1 rings (SSSR count). The van der Waals surface area contributed by atoms with Crippen LogP contribution in [0.4, 0.5) is 0 Å². The molecule has 0 aromatic carbocycles. The second kappa shape index (κ2) is 6.76. The number of carboxylic acids is 1. The van der Waals surface area contributed by atoms with Gasteiger partial charge in [0.05, 0.1) is 11.8 Å². The number of rotatable bonds is 6. The van der Waals surface area contributed by atoms with Crippen molar-refractivity contribution >= 4 is 11.9 Å². The molecular formula is C14H25NO3. The van der Waals surface area contributed by atoms with E-state index in [-0.39, 0.29) is 11.8 Å². The highest BCUT2D eigenvalue weighted by Gasteiger charge is 2.42. The van der Waals surface area contributed by atoms with Crippen LogP contribution in [0, 0.1) is 17.8 Å². The van der Waals surface area contributed by atoms with Gasteiger partial charge in [0.1, 0.15) is 0 Å². The van der Waals surface area contributed by atoms with Crippen LogP contribution in [-0.2, 0) is 9.59 Å². The fourth-order valence-electron chi connectivity index (χ4n) is 2.83. The van der Waals surface area contributed by atoms with Crippen molar-refractivity contribution in [3.05, 3.63) is 0 Å². The second-order valence-electron chi connectivity index (χ2n) is 5.59. The Kier molecular flexibility index (Phi) is 5.63. The average Bonchev–Trinajstić information content (AvgIpc) is 2.70. The van der Waals surface area contributed by atoms with Gasteiger partial charge in [0, 0.05) is 13.6 Å². The largest absolute Gasteiger partial charge is 0.481 e. The first-order valence-electron chi connectivity index (χ1n) is 6.95. The lowest BCUT2D eigenvalue weighted by Gasteiger charge is -2.23. The van der Waals surface area contributed by atoms with Crippen molar-refractivity contribution in [2.24, 2.45) is 17.8 Å². The normalized spacial score (nSPS) is 27.2. The van der Waals surface area contributed by atoms with Crippen LogP contribution < -0.4 is 0 Å². The summed E-state index contributed by atoms with van der Waals surface area (Å²) in [5.74, 6) is -1.27. The predicted molar refractivity (Wildman–Crippen MR) is 70.2 cm³/mol. The Labute approximate surface area is 109 Å². The SMILES string of the molecule is CCCCCN(C)C(=O)C1CC(C)CC1C(=O)O. The molecule has 3 atom stereocenters. The molecule has 4 heteroatoms. The summed E-state index contributed by atoms with van der Waals surface area (Å²) in [5.41, 5.74) is 0. The Hall–Kier alpha value is -1.06. The summed E-state index contributed by atoms with van der Waals surface area (Å²) in [6.45, 7) is 4.89. The third-order valence-electron chi connectivity index (χ3n) is 3.91. The first-order chi connectivity index (χ1) is 8.47. The zero-order valence-electron chi connectivity index (χ0n) is 11.7. The van der Waals surface area contributed by atoms with Crippen molar-refractivity contribution in [2.75, 3.05) is 13.6 Å². The molecule has 3 unspecified atom stereocenters. The van der Waals surface area contributed by atoms with Gasteiger partial charge in [-0.1, -0.05) is 26.7 Å². The number of nitrogens with zero attached hydrogens (tertiary/aromatic N) is 1. The maximum Gasteiger partial charge on any atom is 0.307 e. The van der Waals surface area contributed by atoms with E-state index in [1.807, 2.05) is 6.92 Å². The van der Waals surface area contributed by atoms with E-state index >= 15 is 0 Å². The molecule has 1 aliphatic carbocycles. The lowest BCUT2D eigenvalue weighted by Crippen LogP contribution is -2.37. The number of amides is 1. The average molecular weight is 255 g/mol. The van der Waals surface area contributed by atoms with Crippen LogP contribution in [0.25, 0.3) is 0 Å². The van der Waals surface area contributed by atoms with E-state index in [0.717, 1.165) is 25.8 Å². The summed E-state index contributed by atoms with van der Waals surface area (Å²) < 4.78 is 0. The van der Waals surface area contributed by atoms with E-state index in [2.05, 4.69) is 6.92 Å². The third kappa shape index (κ3) is 3.72. The van der Waals surface area contributed by atoms with Crippen LogP contribution >= 0.6 is 0 Å². The molecule has 104 valence electrons. The van der Waals surface area contributed by atoms with Crippen LogP contribution in [0.2, 0.25) is 0 Å². The molecule has 0 aromatic rings. The van der Waals surface area contributed by atoms with Gasteiger partial charge in [-0.3, -0.25) is 9.59 Å². The van der Waals surface area contributed by atoms with Gasteiger partial charge in [0.2, 0.25) is 5.91 Å². The maximum atomic E-state index is 12.3. The standard InChI is InChI=1S/C14H25NO3/c1-4-5-6-7-15(3)13(16)11-8-10(2)9-12(11)14(17)18/h10-12H,4-9H2,1-3H3,(H,17,18). The van der Waals surface area contributed by atoms with Gasteiger partial charge in [0.15, 0.2) is 0 Å². The lowest BCUT2D eigenvalue weighted by molar-refractivity contribution is -0.148. The molecule has 0 bridgehead atoms. The number of carboxylic acid groups (broad SMARTS) is 1. The number of unbranched alkanes of at least 4 members (excludes halogenated alkanes) is 2. The Morgan fingerprint density at radius 2 is 1.83 bits per heavy atom. The van der Waals surface area contributed by atoms with Crippen LogP contribution in [-0.4, -0.2) is 35.5 Å². The highest BCUT2D eigenvalue weighted by Crippen LogP contribution is 2.37. The minimum Gasteiger partial charge on any atom is -0.481 e. The van der Waals surface area contributed by atoms with Gasteiger partial charge in [-0.25, -0.2) is 0 Å². The van der Waals surface area contributed by atoms with E-state index in [4.69, 9.17) is 0 Å². The van der Waals surface area contributed by atoms with Gasteiger partial charge in [-0.05, 0) is 25.2 Å². The third-order valence-corrected chi connectivity index (χ3v) is 3.91. The van der Waals surface area contributed by atoms with Crippen molar-refractivity contribution in [1.82, 2.24) is 4.90 Å². The van der Waals surface area contributed by atoms with Gasteiger partial charge in [0.25, 0.3) is 0 Å². The molecule has 1 saturated carbocycles. The first kappa shape index (κ1) is 15.0. The van der Waals surface area contributed by atoms with Gasteiger partial charge in [-0.2, -0.15) is 0 Å².